The summed E-state index contributed by atoms with van der Waals surface area (Å²) < 4.78 is 0. The second kappa shape index (κ2) is 5.87. The lowest BCUT2D eigenvalue weighted by Crippen LogP contribution is -2.18. The molecule has 1 aromatic heterocycles. The highest BCUT2D eigenvalue weighted by atomic mass is 35.5. The standard InChI is InChI=1S/C14H22ClN3/c1-4-5-12-17-13(15)10(3)14(18-12)16-9(2)8-11-6-7-11/h9,11H,4-8H2,1-3H3,(H,16,17,18). The number of aryl methyl sites for hydroxylation is 1. The SMILES string of the molecule is CCCc1nc(Cl)c(C)c(NC(C)CC2CC2)n1. The highest BCUT2D eigenvalue weighted by Gasteiger charge is 2.24. The molecule has 0 aromatic carbocycles. The van der Waals surface area contributed by atoms with E-state index in [0.717, 1.165) is 36.0 Å². The van der Waals surface area contributed by atoms with Crippen molar-refractivity contribution in [2.45, 2.75) is 58.9 Å². The van der Waals surface area contributed by atoms with Gasteiger partial charge >= 0.3 is 0 Å². The number of aromatic nitrogens is 2. The van der Waals surface area contributed by atoms with Crippen LogP contribution in [0.15, 0.2) is 0 Å². The Labute approximate surface area is 114 Å². The van der Waals surface area contributed by atoms with E-state index in [4.69, 9.17) is 11.6 Å². The first-order chi connectivity index (χ1) is 8.60. The first kappa shape index (κ1) is 13.6. The number of anilines is 1. The minimum Gasteiger partial charge on any atom is -0.367 e. The van der Waals surface area contributed by atoms with Crippen LogP contribution < -0.4 is 5.32 Å². The molecule has 0 spiro atoms. The summed E-state index contributed by atoms with van der Waals surface area (Å²) in [6, 6.07) is 0.455. The molecule has 0 amide bonds. The summed E-state index contributed by atoms with van der Waals surface area (Å²) in [5, 5.41) is 4.06. The van der Waals surface area contributed by atoms with Crippen molar-refractivity contribution < 1.29 is 0 Å². The molecule has 18 heavy (non-hydrogen) atoms. The molecule has 3 nitrogen and oxygen atoms in total. The molecule has 0 bridgehead atoms. The number of halogens is 1. The number of nitrogens with one attached hydrogen (secondary N) is 1. The van der Waals surface area contributed by atoms with Gasteiger partial charge < -0.3 is 5.32 Å². The van der Waals surface area contributed by atoms with E-state index in [2.05, 4.69) is 29.1 Å². The van der Waals surface area contributed by atoms with Crippen molar-refractivity contribution in [3.05, 3.63) is 16.5 Å². The molecule has 1 heterocycles. The second-order valence-corrected chi connectivity index (χ2v) is 5.74. The Balaban J connectivity index is 2.08. The van der Waals surface area contributed by atoms with Crippen molar-refractivity contribution in [1.82, 2.24) is 9.97 Å². The molecule has 1 saturated carbocycles. The fourth-order valence-corrected chi connectivity index (χ4v) is 2.34. The molecule has 1 aliphatic carbocycles. The summed E-state index contributed by atoms with van der Waals surface area (Å²) in [5.41, 5.74) is 0.958. The van der Waals surface area contributed by atoms with Gasteiger partial charge in [-0.15, -0.1) is 0 Å². The highest BCUT2D eigenvalue weighted by molar-refractivity contribution is 6.30. The second-order valence-electron chi connectivity index (χ2n) is 5.38. The molecule has 0 saturated heterocycles. The third-order valence-corrected chi connectivity index (χ3v) is 3.74. The molecule has 0 radical (unpaired) electrons. The summed E-state index contributed by atoms with van der Waals surface area (Å²) >= 11 is 6.17. The fraction of sp³-hybridized carbons (Fsp3) is 0.714. The number of hydrogen-bond donors (Lipinski definition) is 1. The summed E-state index contributed by atoms with van der Waals surface area (Å²) in [4.78, 5) is 8.90. The zero-order valence-electron chi connectivity index (χ0n) is 11.5. The lowest BCUT2D eigenvalue weighted by molar-refractivity contribution is 0.638. The van der Waals surface area contributed by atoms with Gasteiger partial charge in [-0.1, -0.05) is 31.4 Å². The van der Waals surface area contributed by atoms with Crippen LogP contribution in [0.2, 0.25) is 5.15 Å². The number of rotatable bonds is 6. The van der Waals surface area contributed by atoms with Gasteiger partial charge in [0.2, 0.25) is 0 Å². The van der Waals surface area contributed by atoms with E-state index in [-0.39, 0.29) is 0 Å². The van der Waals surface area contributed by atoms with Gasteiger partial charge in [-0.2, -0.15) is 0 Å². The fourth-order valence-electron chi connectivity index (χ4n) is 2.15. The topological polar surface area (TPSA) is 37.8 Å². The van der Waals surface area contributed by atoms with Crippen molar-refractivity contribution in [2.75, 3.05) is 5.32 Å². The third-order valence-electron chi connectivity index (χ3n) is 3.37. The maximum Gasteiger partial charge on any atom is 0.137 e. The van der Waals surface area contributed by atoms with Crippen LogP contribution in [0.1, 0.15) is 50.9 Å². The highest BCUT2D eigenvalue weighted by Crippen LogP contribution is 2.34. The van der Waals surface area contributed by atoms with Crippen LogP contribution in [0.25, 0.3) is 0 Å². The monoisotopic (exact) mass is 267 g/mol. The van der Waals surface area contributed by atoms with Gasteiger partial charge in [-0.3, -0.25) is 0 Å². The van der Waals surface area contributed by atoms with Crippen LogP contribution in [0.4, 0.5) is 5.82 Å². The van der Waals surface area contributed by atoms with E-state index < -0.39 is 0 Å². The van der Waals surface area contributed by atoms with E-state index in [1.54, 1.807) is 0 Å². The van der Waals surface area contributed by atoms with E-state index in [1.165, 1.54) is 19.3 Å². The zero-order valence-corrected chi connectivity index (χ0v) is 12.2. The molecular weight excluding hydrogens is 246 g/mol. The minimum atomic E-state index is 0.455. The van der Waals surface area contributed by atoms with Crippen LogP contribution >= 0.6 is 11.6 Å². The molecule has 1 unspecified atom stereocenters. The van der Waals surface area contributed by atoms with Crippen LogP contribution in [0.5, 0.6) is 0 Å². The molecule has 1 atom stereocenters. The van der Waals surface area contributed by atoms with E-state index in [9.17, 15) is 0 Å². The Bertz CT molecular complexity index is 416. The van der Waals surface area contributed by atoms with Gasteiger partial charge in [-0.05, 0) is 32.6 Å². The summed E-state index contributed by atoms with van der Waals surface area (Å²) in [5.74, 6) is 2.67. The third kappa shape index (κ3) is 3.58. The van der Waals surface area contributed by atoms with E-state index >= 15 is 0 Å². The lowest BCUT2D eigenvalue weighted by atomic mass is 10.1. The largest absolute Gasteiger partial charge is 0.367 e. The predicted octanol–water partition coefficient (Wildman–Crippen LogP) is 3.99. The molecular formula is C14H22ClN3. The average Bonchev–Trinajstić information content (AvgIpc) is 3.09. The van der Waals surface area contributed by atoms with Crippen LogP contribution in [0, 0.1) is 12.8 Å². The van der Waals surface area contributed by atoms with Crippen LogP contribution in [-0.2, 0) is 6.42 Å². The number of nitrogens with zero attached hydrogens (tertiary/aromatic N) is 2. The van der Waals surface area contributed by atoms with Crippen molar-refractivity contribution in [2.24, 2.45) is 5.92 Å². The minimum absolute atomic E-state index is 0.455. The Morgan fingerprint density at radius 2 is 2.11 bits per heavy atom. The molecule has 1 aliphatic rings. The average molecular weight is 268 g/mol. The number of hydrogen-bond acceptors (Lipinski definition) is 3. The van der Waals surface area contributed by atoms with Gasteiger partial charge in [-0.25, -0.2) is 9.97 Å². The van der Waals surface area contributed by atoms with Gasteiger partial charge in [0, 0.05) is 18.0 Å². The molecule has 0 aliphatic heterocycles. The van der Waals surface area contributed by atoms with Crippen molar-refractivity contribution in [1.29, 1.82) is 0 Å². The molecule has 1 fully saturated rings. The molecule has 1 aromatic rings. The van der Waals surface area contributed by atoms with Crippen molar-refractivity contribution >= 4 is 17.4 Å². The van der Waals surface area contributed by atoms with Crippen LogP contribution in [0.3, 0.4) is 0 Å². The molecule has 100 valence electrons. The first-order valence-electron chi connectivity index (χ1n) is 6.89. The quantitative estimate of drug-likeness (QED) is 0.792. The first-order valence-corrected chi connectivity index (χ1v) is 7.27. The van der Waals surface area contributed by atoms with Gasteiger partial charge in [0.05, 0.1) is 0 Å². The predicted molar refractivity (Wildman–Crippen MR) is 76.2 cm³/mol. The van der Waals surface area contributed by atoms with Gasteiger partial charge in [0.1, 0.15) is 16.8 Å². The summed E-state index contributed by atoms with van der Waals surface area (Å²) in [7, 11) is 0. The smallest absolute Gasteiger partial charge is 0.137 e. The van der Waals surface area contributed by atoms with Crippen molar-refractivity contribution in [3.63, 3.8) is 0 Å². The van der Waals surface area contributed by atoms with E-state index in [1.807, 2.05) is 6.92 Å². The maximum absolute atomic E-state index is 6.17. The molecule has 2 rings (SSSR count). The van der Waals surface area contributed by atoms with Gasteiger partial charge in [0.25, 0.3) is 0 Å². The van der Waals surface area contributed by atoms with E-state index in [0.29, 0.717) is 11.2 Å². The summed E-state index contributed by atoms with van der Waals surface area (Å²) in [6.45, 7) is 6.32. The van der Waals surface area contributed by atoms with Crippen molar-refractivity contribution in [3.8, 4) is 0 Å². The zero-order chi connectivity index (χ0) is 13.1. The maximum atomic E-state index is 6.17. The Morgan fingerprint density at radius 1 is 1.39 bits per heavy atom. The summed E-state index contributed by atoms with van der Waals surface area (Å²) in [6.07, 6.45) is 5.92. The molecule has 1 N–H and O–H groups in total. The Morgan fingerprint density at radius 3 is 2.72 bits per heavy atom. The van der Waals surface area contributed by atoms with Crippen LogP contribution in [-0.4, -0.2) is 16.0 Å². The lowest BCUT2D eigenvalue weighted by Gasteiger charge is -2.17. The Hall–Kier alpha value is -0.830. The van der Waals surface area contributed by atoms with Gasteiger partial charge in [0.15, 0.2) is 0 Å². The molecule has 4 heteroatoms. The Kier molecular flexibility index (Phi) is 4.44. The normalized spacial score (nSPS) is 16.7.